The fourth-order valence-corrected chi connectivity index (χ4v) is 5.06. The minimum atomic E-state index is -0.866. The lowest BCUT2D eigenvalue weighted by atomic mass is 9.64. The van der Waals surface area contributed by atoms with E-state index in [2.05, 4.69) is 26.1 Å². The number of nitrogens with zero attached hydrogens (tertiary/aromatic N) is 2. The second kappa shape index (κ2) is 7.57. The number of rotatable bonds is 5. The van der Waals surface area contributed by atoms with Crippen LogP contribution in [0.2, 0.25) is 0 Å². The van der Waals surface area contributed by atoms with Gasteiger partial charge in [0, 0.05) is 13.1 Å². The predicted octanol–water partition coefficient (Wildman–Crippen LogP) is 3.17. The molecular weight excluding hydrogens is 354 g/mol. The van der Waals surface area contributed by atoms with Crippen LogP contribution in [-0.2, 0) is 16.1 Å². The van der Waals surface area contributed by atoms with E-state index in [-0.39, 0.29) is 23.8 Å². The molecule has 1 aromatic carbocycles. The Balaban J connectivity index is 1.72. The number of amides is 4. The summed E-state index contributed by atoms with van der Waals surface area (Å²) < 4.78 is 0. The van der Waals surface area contributed by atoms with E-state index >= 15 is 0 Å². The molecule has 1 aliphatic heterocycles. The summed E-state index contributed by atoms with van der Waals surface area (Å²) in [6, 6.07) is 9.27. The highest BCUT2D eigenvalue weighted by Crippen LogP contribution is 2.46. The molecule has 1 saturated heterocycles. The Hall–Kier alpha value is -2.37. The maximum absolute atomic E-state index is 13.2. The molecule has 0 radical (unpaired) electrons. The molecule has 0 bridgehead atoms. The van der Waals surface area contributed by atoms with Crippen LogP contribution in [0.25, 0.3) is 0 Å². The van der Waals surface area contributed by atoms with E-state index in [0.29, 0.717) is 31.8 Å². The van der Waals surface area contributed by atoms with E-state index < -0.39 is 11.6 Å². The van der Waals surface area contributed by atoms with Gasteiger partial charge in [-0.3, -0.25) is 14.5 Å². The quantitative estimate of drug-likeness (QED) is 0.792. The van der Waals surface area contributed by atoms with Gasteiger partial charge in [0.2, 0.25) is 5.91 Å². The molecular formula is C22H31N3O3. The molecule has 3 rings (SSSR count). The highest BCUT2D eigenvalue weighted by molar-refractivity contribution is 6.09. The lowest BCUT2D eigenvalue weighted by molar-refractivity contribution is -0.141. The molecule has 1 aromatic rings. The molecule has 1 heterocycles. The number of hydrogen-bond donors (Lipinski definition) is 1. The Kier molecular flexibility index (Phi) is 5.50. The highest BCUT2D eigenvalue weighted by Gasteiger charge is 2.56. The van der Waals surface area contributed by atoms with Crippen LogP contribution in [0.3, 0.4) is 0 Å². The van der Waals surface area contributed by atoms with E-state index in [1.54, 1.807) is 4.90 Å². The fourth-order valence-electron chi connectivity index (χ4n) is 5.06. The molecule has 152 valence electrons. The van der Waals surface area contributed by atoms with Crippen molar-refractivity contribution < 1.29 is 14.4 Å². The second-order valence-electron chi connectivity index (χ2n) is 9.15. The third kappa shape index (κ3) is 4.05. The zero-order valence-corrected chi connectivity index (χ0v) is 17.3. The average Bonchev–Trinajstić information content (AvgIpc) is 2.82. The van der Waals surface area contributed by atoms with Gasteiger partial charge >= 0.3 is 6.03 Å². The summed E-state index contributed by atoms with van der Waals surface area (Å²) in [5.74, 6) is -0.120. The molecule has 28 heavy (non-hydrogen) atoms. The number of likely N-dealkylation sites (N-methyl/N-ethyl adjacent to an activating group) is 1. The van der Waals surface area contributed by atoms with E-state index in [9.17, 15) is 14.4 Å². The first-order valence-electron chi connectivity index (χ1n) is 10.1. The van der Waals surface area contributed by atoms with Crippen LogP contribution in [0.1, 0.15) is 52.5 Å². The largest absolute Gasteiger partial charge is 0.337 e. The molecule has 6 nitrogen and oxygen atoms in total. The zero-order valence-electron chi connectivity index (χ0n) is 17.3. The topological polar surface area (TPSA) is 69.7 Å². The summed E-state index contributed by atoms with van der Waals surface area (Å²) in [7, 11) is 0. The van der Waals surface area contributed by atoms with Gasteiger partial charge in [0.1, 0.15) is 12.1 Å². The van der Waals surface area contributed by atoms with Crippen molar-refractivity contribution in [3.8, 4) is 0 Å². The van der Waals surface area contributed by atoms with Gasteiger partial charge in [0.15, 0.2) is 0 Å². The molecule has 6 heteroatoms. The van der Waals surface area contributed by atoms with Crippen molar-refractivity contribution in [2.75, 3.05) is 13.1 Å². The van der Waals surface area contributed by atoms with Crippen LogP contribution in [0.5, 0.6) is 0 Å². The molecule has 0 aromatic heterocycles. The van der Waals surface area contributed by atoms with Gasteiger partial charge in [-0.25, -0.2) is 4.79 Å². The summed E-state index contributed by atoms with van der Waals surface area (Å²) >= 11 is 0. The molecule has 1 aliphatic carbocycles. The maximum Gasteiger partial charge on any atom is 0.325 e. The minimum Gasteiger partial charge on any atom is -0.337 e. The van der Waals surface area contributed by atoms with Gasteiger partial charge < -0.3 is 10.2 Å². The van der Waals surface area contributed by atoms with Crippen molar-refractivity contribution in [1.82, 2.24) is 15.1 Å². The second-order valence-corrected chi connectivity index (χ2v) is 9.15. The number of carbonyl (C=O) groups is 3. The first-order chi connectivity index (χ1) is 13.2. The number of urea groups is 1. The van der Waals surface area contributed by atoms with E-state index in [1.165, 1.54) is 0 Å². The smallest absolute Gasteiger partial charge is 0.325 e. The molecule has 4 amide bonds. The van der Waals surface area contributed by atoms with Crippen LogP contribution in [-0.4, -0.2) is 46.3 Å². The van der Waals surface area contributed by atoms with Gasteiger partial charge in [-0.05, 0) is 43.1 Å². The van der Waals surface area contributed by atoms with Gasteiger partial charge in [-0.2, -0.15) is 0 Å². The van der Waals surface area contributed by atoms with E-state index in [4.69, 9.17) is 0 Å². The lowest BCUT2D eigenvalue weighted by Crippen LogP contribution is -2.54. The van der Waals surface area contributed by atoms with Crippen molar-refractivity contribution >= 4 is 17.8 Å². The molecule has 1 saturated carbocycles. The Morgan fingerprint density at radius 2 is 1.89 bits per heavy atom. The first kappa shape index (κ1) is 20.4. The molecule has 0 unspecified atom stereocenters. The molecule has 1 N–H and O–H groups in total. The van der Waals surface area contributed by atoms with Crippen LogP contribution >= 0.6 is 0 Å². The van der Waals surface area contributed by atoms with Crippen LogP contribution in [0.4, 0.5) is 4.79 Å². The number of benzene rings is 1. The first-order valence-corrected chi connectivity index (χ1v) is 10.1. The lowest BCUT2D eigenvalue weighted by Gasteiger charge is -2.43. The monoisotopic (exact) mass is 385 g/mol. The van der Waals surface area contributed by atoms with Crippen molar-refractivity contribution in [3.05, 3.63) is 35.9 Å². The van der Waals surface area contributed by atoms with Gasteiger partial charge in [0.25, 0.3) is 5.91 Å². The zero-order chi connectivity index (χ0) is 20.5. The van der Waals surface area contributed by atoms with Crippen molar-refractivity contribution in [3.63, 3.8) is 0 Å². The summed E-state index contributed by atoms with van der Waals surface area (Å²) in [5.41, 5.74) is 0.132. The Labute approximate surface area is 167 Å². The molecule has 2 aliphatic rings. The third-order valence-corrected chi connectivity index (χ3v) is 5.87. The average molecular weight is 386 g/mol. The van der Waals surface area contributed by atoms with Crippen LogP contribution in [0, 0.1) is 11.3 Å². The molecule has 2 atom stereocenters. The molecule has 2 fully saturated rings. The van der Waals surface area contributed by atoms with Gasteiger partial charge in [0.05, 0.1) is 0 Å². The van der Waals surface area contributed by atoms with E-state index in [0.717, 1.165) is 16.9 Å². The summed E-state index contributed by atoms with van der Waals surface area (Å²) in [6.07, 6.45) is 2.27. The fraction of sp³-hybridized carbons (Fsp3) is 0.591. The highest BCUT2D eigenvalue weighted by atomic mass is 16.2. The van der Waals surface area contributed by atoms with Gasteiger partial charge in [-0.15, -0.1) is 0 Å². The summed E-state index contributed by atoms with van der Waals surface area (Å²) in [5, 5.41) is 2.93. The maximum atomic E-state index is 13.2. The Bertz CT molecular complexity index is 762. The molecule has 1 spiro atoms. The Morgan fingerprint density at radius 3 is 2.50 bits per heavy atom. The SMILES string of the molecule is CCN(Cc1ccccc1)C(=O)CN1C(=O)N[C@]2(C[C@H](C)CC(C)(C)C2)C1=O. The van der Waals surface area contributed by atoms with Gasteiger partial charge in [-0.1, -0.05) is 51.1 Å². The number of carbonyl (C=O) groups excluding carboxylic acids is 3. The summed E-state index contributed by atoms with van der Waals surface area (Å²) in [6.45, 7) is 9.07. The minimum absolute atomic E-state index is 0.0244. The van der Waals surface area contributed by atoms with Crippen LogP contribution in [0.15, 0.2) is 30.3 Å². The number of hydrogen-bond acceptors (Lipinski definition) is 3. The van der Waals surface area contributed by atoms with Crippen LogP contribution < -0.4 is 5.32 Å². The van der Waals surface area contributed by atoms with Crippen molar-refractivity contribution in [2.45, 2.75) is 59.0 Å². The Morgan fingerprint density at radius 1 is 1.21 bits per heavy atom. The third-order valence-electron chi connectivity index (χ3n) is 5.87. The standard InChI is InChI=1S/C22H31N3O3/c1-5-24(13-17-9-7-6-8-10-17)18(26)14-25-19(27)22(23-20(25)28)12-16(2)11-21(3,4)15-22/h6-10,16H,5,11-15H2,1-4H3,(H,23,28)/t16-,22+/m1/s1. The number of nitrogens with one attached hydrogen (secondary N) is 1. The van der Waals surface area contributed by atoms with E-state index in [1.807, 2.05) is 37.3 Å². The predicted molar refractivity (Wildman–Crippen MR) is 107 cm³/mol. The normalized spacial score (nSPS) is 26.4. The van der Waals surface area contributed by atoms with Crippen molar-refractivity contribution in [1.29, 1.82) is 0 Å². The van der Waals surface area contributed by atoms with Crippen molar-refractivity contribution in [2.24, 2.45) is 11.3 Å². The number of imide groups is 1. The summed E-state index contributed by atoms with van der Waals surface area (Å²) in [4.78, 5) is 41.4.